The summed E-state index contributed by atoms with van der Waals surface area (Å²) in [4.78, 5) is 15.6. The number of benzene rings is 1. The topological polar surface area (TPSA) is 101 Å². The fraction of sp³-hybridized carbons (Fsp3) is 0. The summed E-state index contributed by atoms with van der Waals surface area (Å²) >= 11 is 0. The molecule has 1 amide bonds. The molecule has 0 atom stereocenters. The maximum absolute atomic E-state index is 11.7. The number of pyridine rings is 1. The Hall–Kier alpha value is -2.89. The Kier molecular flexibility index (Phi) is 3.72. The highest BCUT2D eigenvalue weighted by atomic mass is 16.3. The number of aromatic nitrogens is 1. The van der Waals surface area contributed by atoms with E-state index in [1.165, 1.54) is 24.3 Å². The van der Waals surface area contributed by atoms with Crippen molar-refractivity contribution < 1.29 is 9.90 Å². The molecule has 0 aliphatic carbocycles. The highest BCUT2D eigenvalue weighted by molar-refractivity contribution is 5.99. The third-order valence-electron chi connectivity index (χ3n) is 2.36. The Bertz CT molecular complexity index is 594. The van der Waals surface area contributed by atoms with Crippen LogP contribution in [-0.4, -0.2) is 21.8 Å². The first-order chi connectivity index (χ1) is 9.16. The van der Waals surface area contributed by atoms with Crippen LogP contribution in [0.1, 0.15) is 15.9 Å². The zero-order valence-electron chi connectivity index (χ0n) is 9.95. The van der Waals surface area contributed by atoms with Crippen molar-refractivity contribution in [3.63, 3.8) is 0 Å². The maximum Gasteiger partial charge on any atom is 0.271 e. The molecule has 19 heavy (non-hydrogen) atoms. The molecule has 96 valence electrons. The van der Waals surface area contributed by atoms with Gasteiger partial charge in [0.15, 0.2) is 5.84 Å². The Morgan fingerprint density at radius 3 is 2.58 bits per heavy atom. The number of phenols is 1. The fourth-order valence-electron chi connectivity index (χ4n) is 1.37. The van der Waals surface area contributed by atoms with E-state index in [1.54, 1.807) is 24.5 Å². The zero-order valence-corrected chi connectivity index (χ0v) is 9.95. The average molecular weight is 256 g/mol. The van der Waals surface area contributed by atoms with Crippen LogP contribution in [0.5, 0.6) is 5.75 Å². The van der Waals surface area contributed by atoms with Crippen molar-refractivity contribution in [3.05, 3.63) is 59.9 Å². The number of amidine groups is 1. The normalized spacial score (nSPS) is 11.1. The minimum Gasteiger partial charge on any atom is -0.508 e. The summed E-state index contributed by atoms with van der Waals surface area (Å²) in [6.07, 6.45) is 3.16. The van der Waals surface area contributed by atoms with Gasteiger partial charge in [-0.1, -0.05) is 0 Å². The molecule has 4 N–H and O–H groups in total. The summed E-state index contributed by atoms with van der Waals surface area (Å²) in [6.45, 7) is 0. The van der Waals surface area contributed by atoms with E-state index in [0.29, 0.717) is 11.1 Å². The summed E-state index contributed by atoms with van der Waals surface area (Å²) in [5.41, 5.74) is 9.03. The summed E-state index contributed by atoms with van der Waals surface area (Å²) in [5, 5.41) is 12.9. The third kappa shape index (κ3) is 3.29. The predicted molar refractivity (Wildman–Crippen MR) is 70.5 cm³/mol. The highest BCUT2D eigenvalue weighted by Gasteiger charge is 2.05. The summed E-state index contributed by atoms with van der Waals surface area (Å²) < 4.78 is 0. The number of hydrazone groups is 1. The largest absolute Gasteiger partial charge is 0.508 e. The molecule has 0 spiro atoms. The van der Waals surface area contributed by atoms with Gasteiger partial charge in [0.1, 0.15) is 5.75 Å². The smallest absolute Gasteiger partial charge is 0.271 e. The van der Waals surface area contributed by atoms with Crippen LogP contribution in [0.15, 0.2) is 53.9 Å². The number of hydrogen-bond donors (Lipinski definition) is 3. The highest BCUT2D eigenvalue weighted by Crippen LogP contribution is 2.09. The number of carbonyl (C=O) groups excluding carboxylic acids is 1. The van der Waals surface area contributed by atoms with Gasteiger partial charge in [0.05, 0.1) is 0 Å². The van der Waals surface area contributed by atoms with Crippen LogP contribution < -0.4 is 11.2 Å². The van der Waals surface area contributed by atoms with Crippen LogP contribution in [-0.2, 0) is 0 Å². The van der Waals surface area contributed by atoms with Crippen molar-refractivity contribution in [3.8, 4) is 5.75 Å². The minimum absolute atomic E-state index is 0.0925. The van der Waals surface area contributed by atoms with E-state index >= 15 is 0 Å². The van der Waals surface area contributed by atoms with Crippen molar-refractivity contribution >= 4 is 11.7 Å². The fourth-order valence-corrected chi connectivity index (χ4v) is 1.37. The Morgan fingerprint density at radius 1 is 1.21 bits per heavy atom. The SMILES string of the molecule is N/C(=N/NC(=O)c1ccc(O)cc1)c1cccnc1. The molecule has 0 fully saturated rings. The van der Waals surface area contributed by atoms with Gasteiger partial charge in [-0.2, -0.15) is 5.10 Å². The number of aromatic hydroxyl groups is 1. The van der Waals surface area contributed by atoms with Gasteiger partial charge in [-0.15, -0.1) is 0 Å². The Morgan fingerprint density at radius 2 is 1.95 bits per heavy atom. The molecule has 2 rings (SSSR count). The van der Waals surface area contributed by atoms with Crippen molar-refractivity contribution in [2.45, 2.75) is 0 Å². The Balaban J connectivity index is 2.06. The van der Waals surface area contributed by atoms with E-state index in [2.05, 4.69) is 15.5 Å². The average Bonchev–Trinajstić information content (AvgIpc) is 2.46. The van der Waals surface area contributed by atoms with Crippen LogP contribution in [0.2, 0.25) is 0 Å². The second-order valence-corrected chi connectivity index (χ2v) is 3.73. The lowest BCUT2D eigenvalue weighted by Gasteiger charge is -2.02. The van der Waals surface area contributed by atoms with Gasteiger partial charge < -0.3 is 10.8 Å². The standard InChI is InChI=1S/C13H12N4O2/c14-12(10-2-1-7-15-8-10)16-17-13(19)9-3-5-11(18)6-4-9/h1-8,18H,(H2,14,16)(H,17,19). The van der Waals surface area contributed by atoms with Crippen molar-refractivity contribution in [1.29, 1.82) is 0 Å². The number of rotatable bonds is 3. The van der Waals surface area contributed by atoms with E-state index in [1.807, 2.05) is 0 Å². The molecule has 1 heterocycles. The molecule has 0 unspecified atom stereocenters. The number of phenolic OH excluding ortho intramolecular Hbond substituents is 1. The lowest BCUT2D eigenvalue weighted by atomic mass is 10.2. The summed E-state index contributed by atoms with van der Waals surface area (Å²) in [7, 11) is 0. The van der Waals surface area contributed by atoms with Crippen LogP contribution in [0.25, 0.3) is 0 Å². The molecule has 0 radical (unpaired) electrons. The summed E-state index contributed by atoms with van der Waals surface area (Å²) in [5.74, 6) is -0.151. The van der Waals surface area contributed by atoms with Gasteiger partial charge in [-0.05, 0) is 36.4 Å². The van der Waals surface area contributed by atoms with E-state index in [-0.39, 0.29) is 11.6 Å². The molecule has 0 aliphatic heterocycles. The van der Waals surface area contributed by atoms with Gasteiger partial charge in [0, 0.05) is 23.5 Å². The molecule has 0 saturated carbocycles. The molecule has 6 heteroatoms. The number of amides is 1. The van der Waals surface area contributed by atoms with Crippen molar-refractivity contribution in [2.75, 3.05) is 0 Å². The molecule has 0 bridgehead atoms. The zero-order chi connectivity index (χ0) is 13.7. The second kappa shape index (κ2) is 5.63. The lowest BCUT2D eigenvalue weighted by Crippen LogP contribution is -2.23. The second-order valence-electron chi connectivity index (χ2n) is 3.73. The quantitative estimate of drug-likeness (QED) is 0.430. The molecule has 0 aliphatic rings. The lowest BCUT2D eigenvalue weighted by molar-refractivity contribution is 0.0955. The van der Waals surface area contributed by atoms with Crippen LogP contribution in [0.4, 0.5) is 0 Å². The van der Waals surface area contributed by atoms with Crippen LogP contribution in [0.3, 0.4) is 0 Å². The van der Waals surface area contributed by atoms with Crippen LogP contribution in [0, 0.1) is 0 Å². The van der Waals surface area contributed by atoms with Gasteiger partial charge in [0.2, 0.25) is 0 Å². The first-order valence-corrected chi connectivity index (χ1v) is 5.50. The Labute approximate surface area is 109 Å². The number of nitrogens with two attached hydrogens (primary N) is 1. The molecule has 6 nitrogen and oxygen atoms in total. The van der Waals surface area contributed by atoms with E-state index < -0.39 is 5.91 Å². The number of nitrogens with one attached hydrogen (secondary N) is 1. The molecular weight excluding hydrogens is 244 g/mol. The van der Waals surface area contributed by atoms with Crippen LogP contribution >= 0.6 is 0 Å². The molecule has 0 saturated heterocycles. The van der Waals surface area contributed by atoms with Crippen molar-refractivity contribution in [2.24, 2.45) is 10.8 Å². The minimum atomic E-state index is -0.410. The van der Waals surface area contributed by atoms with E-state index in [9.17, 15) is 4.79 Å². The summed E-state index contributed by atoms with van der Waals surface area (Å²) in [6, 6.07) is 9.27. The molecule has 1 aromatic carbocycles. The number of hydrogen-bond acceptors (Lipinski definition) is 4. The van der Waals surface area contributed by atoms with Gasteiger partial charge in [-0.25, -0.2) is 5.43 Å². The molecule has 2 aromatic rings. The van der Waals surface area contributed by atoms with E-state index in [4.69, 9.17) is 10.8 Å². The third-order valence-corrected chi connectivity index (χ3v) is 2.36. The van der Waals surface area contributed by atoms with Crippen molar-refractivity contribution in [1.82, 2.24) is 10.4 Å². The monoisotopic (exact) mass is 256 g/mol. The predicted octanol–water partition coefficient (Wildman–Crippen LogP) is 0.837. The number of nitrogens with zero attached hydrogens (tertiary/aromatic N) is 2. The van der Waals surface area contributed by atoms with Gasteiger partial charge in [0.25, 0.3) is 5.91 Å². The van der Waals surface area contributed by atoms with E-state index in [0.717, 1.165) is 0 Å². The first-order valence-electron chi connectivity index (χ1n) is 5.50. The number of carbonyl (C=O) groups is 1. The van der Waals surface area contributed by atoms with Gasteiger partial charge in [-0.3, -0.25) is 9.78 Å². The molecular formula is C13H12N4O2. The maximum atomic E-state index is 11.7. The molecule has 1 aromatic heterocycles. The van der Waals surface area contributed by atoms with Gasteiger partial charge >= 0.3 is 0 Å². The first kappa shape index (κ1) is 12.6.